The van der Waals surface area contributed by atoms with Gasteiger partial charge in [0.05, 0.1) is 30.8 Å². The number of hydrogen-bond acceptors (Lipinski definition) is 7. The number of carbonyl (C=O) groups excluding carboxylic acids is 1. The molecule has 1 amide bonds. The lowest BCUT2D eigenvalue weighted by Gasteiger charge is -2.18. The van der Waals surface area contributed by atoms with Gasteiger partial charge in [-0.25, -0.2) is 14.4 Å². The molecule has 2 heterocycles. The summed E-state index contributed by atoms with van der Waals surface area (Å²) in [5.74, 6) is 0.819. The van der Waals surface area contributed by atoms with Crippen molar-refractivity contribution in [3.8, 4) is 22.6 Å². The number of methoxy groups -OCH3 is 2. The van der Waals surface area contributed by atoms with E-state index in [0.29, 0.717) is 39.5 Å². The maximum atomic E-state index is 14.6. The third-order valence-electron chi connectivity index (χ3n) is 6.91. The van der Waals surface area contributed by atoms with Gasteiger partial charge in [-0.15, -0.1) is 0 Å². The van der Waals surface area contributed by atoms with Gasteiger partial charge in [0.2, 0.25) is 5.91 Å². The fourth-order valence-corrected chi connectivity index (χ4v) is 4.89. The number of benzene rings is 3. The Morgan fingerprint density at radius 1 is 1.05 bits per heavy atom. The highest BCUT2D eigenvalue weighted by molar-refractivity contribution is 6.11. The molecule has 2 N–H and O–H groups in total. The fraction of sp³-hybridized carbons (Fsp3) is 0.233. The molecule has 3 aromatic carbocycles. The number of anilines is 3. The zero-order valence-electron chi connectivity index (χ0n) is 22.1. The number of ether oxygens (including phenoxy) is 2. The van der Waals surface area contributed by atoms with E-state index in [1.165, 1.54) is 12.4 Å². The lowest BCUT2D eigenvalue weighted by atomic mass is 9.97. The molecule has 1 aliphatic rings. The number of carbonyl (C=O) groups is 1. The van der Waals surface area contributed by atoms with Gasteiger partial charge in [0.15, 0.2) is 11.5 Å². The first kappa shape index (κ1) is 26.1. The maximum Gasteiger partial charge on any atom is 0.248 e. The monoisotopic (exact) mass is 527 g/mol. The van der Waals surface area contributed by atoms with Crippen LogP contribution in [0.2, 0.25) is 0 Å². The van der Waals surface area contributed by atoms with Crippen LogP contribution in [0.25, 0.3) is 22.0 Å². The molecule has 0 radical (unpaired) electrons. The van der Waals surface area contributed by atoms with Crippen molar-refractivity contribution in [2.45, 2.75) is 18.9 Å². The summed E-state index contributed by atoms with van der Waals surface area (Å²) in [6, 6.07) is 15.7. The number of hydrogen-bond donors (Lipinski definition) is 2. The van der Waals surface area contributed by atoms with Gasteiger partial charge in [-0.1, -0.05) is 24.3 Å². The minimum atomic E-state index is -0.414. The molecular formula is C30H30FN5O3. The summed E-state index contributed by atoms with van der Waals surface area (Å²) in [7, 11) is 5.19. The summed E-state index contributed by atoms with van der Waals surface area (Å²) in [5.41, 5.74) is 2.84. The summed E-state index contributed by atoms with van der Waals surface area (Å²) < 4.78 is 25.6. The Hall–Kier alpha value is -4.50. The molecule has 1 fully saturated rings. The van der Waals surface area contributed by atoms with Crippen LogP contribution in [-0.2, 0) is 4.79 Å². The zero-order valence-corrected chi connectivity index (χ0v) is 22.1. The van der Waals surface area contributed by atoms with Crippen LogP contribution in [0.3, 0.4) is 0 Å². The molecule has 0 spiro atoms. The van der Waals surface area contributed by atoms with Gasteiger partial charge in [0.1, 0.15) is 18.0 Å². The number of para-hydroxylation sites is 1. The maximum absolute atomic E-state index is 14.6. The third kappa shape index (κ3) is 5.53. The first-order valence-electron chi connectivity index (χ1n) is 12.7. The van der Waals surface area contributed by atoms with E-state index in [9.17, 15) is 9.18 Å². The molecule has 0 bridgehead atoms. The SMILES string of the molecule is COc1ccc(-c2c(NC(=O)C=CC3CCCN3C)ccc3ncnc(Nc4ccccc4F)c23)cc1OC. The largest absolute Gasteiger partial charge is 0.493 e. The highest BCUT2D eigenvalue weighted by Gasteiger charge is 2.20. The van der Waals surface area contributed by atoms with Gasteiger partial charge < -0.3 is 20.1 Å². The highest BCUT2D eigenvalue weighted by atomic mass is 19.1. The number of likely N-dealkylation sites (tertiary alicyclic amines) is 1. The molecule has 1 saturated heterocycles. The number of nitrogens with one attached hydrogen (secondary N) is 2. The van der Waals surface area contributed by atoms with Gasteiger partial charge >= 0.3 is 0 Å². The first-order valence-corrected chi connectivity index (χ1v) is 12.7. The second-order valence-electron chi connectivity index (χ2n) is 9.32. The Balaban J connectivity index is 1.64. The summed E-state index contributed by atoms with van der Waals surface area (Å²) in [4.78, 5) is 24.2. The molecule has 1 aromatic heterocycles. The molecule has 9 heteroatoms. The number of rotatable bonds is 8. The van der Waals surface area contributed by atoms with E-state index in [1.807, 2.05) is 24.3 Å². The van der Waals surface area contributed by atoms with Gasteiger partial charge in [-0.3, -0.25) is 9.69 Å². The Bertz CT molecular complexity index is 1540. The van der Waals surface area contributed by atoms with Gasteiger partial charge in [0, 0.05) is 23.4 Å². The lowest BCUT2D eigenvalue weighted by molar-refractivity contribution is -0.111. The molecule has 0 saturated carbocycles. The summed E-state index contributed by atoms with van der Waals surface area (Å²) in [5, 5.41) is 6.76. The van der Waals surface area contributed by atoms with Crippen LogP contribution in [0.15, 0.2) is 73.1 Å². The summed E-state index contributed by atoms with van der Waals surface area (Å²) in [6.45, 7) is 1.02. The zero-order chi connectivity index (χ0) is 27.4. The number of likely N-dealkylation sites (N-methyl/N-ethyl adjacent to an activating group) is 1. The van der Waals surface area contributed by atoms with Crippen molar-refractivity contribution in [3.05, 3.63) is 78.9 Å². The number of amides is 1. The molecule has 1 atom stereocenters. The Morgan fingerprint density at radius 3 is 2.62 bits per heavy atom. The molecule has 1 aliphatic heterocycles. The standard InChI is InChI=1S/C30H30FN5O3/c1-36-16-6-7-20(36)11-15-27(37)34-24-13-12-23-29(28(24)19-10-14-25(38-2)26(17-19)39-3)30(33-18-32-23)35-22-9-5-4-8-21(22)31/h4-5,8-15,17-18,20H,6-7,16H2,1-3H3,(H,34,37)(H,32,33,35). The molecule has 1 unspecified atom stereocenters. The van der Waals surface area contributed by atoms with Crippen LogP contribution < -0.4 is 20.1 Å². The average molecular weight is 528 g/mol. The molecule has 0 aliphatic carbocycles. The van der Waals surface area contributed by atoms with Crippen LogP contribution in [0.4, 0.5) is 21.6 Å². The molecule has 5 rings (SSSR count). The highest BCUT2D eigenvalue weighted by Crippen LogP contribution is 2.42. The van der Waals surface area contributed by atoms with Crippen LogP contribution >= 0.6 is 0 Å². The number of nitrogens with zero attached hydrogens (tertiary/aromatic N) is 3. The fourth-order valence-electron chi connectivity index (χ4n) is 4.89. The van der Waals surface area contributed by atoms with Crippen LogP contribution in [-0.4, -0.2) is 54.6 Å². The van der Waals surface area contributed by atoms with E-state index in [2.05, 4.69) is 32.5 Å². The average Bonchev–Trinajstić information content (AvgIpc) is 3.37. The Labute approximate surface area is 226 Å². The third-order valence-corrected chi connectivity index (χ3v) is 6.91. The predicted molar refractivity (Wildman–Crippen MR) is 151 cm³/mol. The quantitative estimate of drug-likeness (QED) is 0.281. The van der Waals surface area contributed by atoms with Crippen molar-refractivity contribution in [1.82, 2.24) is 14.9 Å². The topological polar surface area (TPSA) is 88.6 Å². The van der Waals surface area contributed by atoms with E-state index in [-0.39, 0.29) is 17.6 Å². The van der Waals surface area contributed by atoms with E-state index in [1.54, 1.807) is 50.6 Å². The Kier molecular flexibility index (Phi) is 7.69. The van der Waals surface area contributed by atoms with Crippen LogP contribution in [0.5, 0.6) is 11.5 Å². The van der Waals surface area contributed by atoms with Gasteiger partial charge in [-0.05, 0) is 68.4 Å². The van der Waals surface area contributed by atoms with E-state index < -0.39 is 5.82 Å². The van der Waals surface area contributed by atoms with Gasteiger partial charge in [-0.2, -0.15) is 0 Å². The van der Waals surface area contributed by atoms with Crippen molar-refractivity contribution in [3.63, 3.8) is 0 Å². The molecule has 39 heavy (non-hydrogen) atoms. The van der Waals surface area contributed by atoms with E-state index >= 15 is 0 Å². The smallest absolute Gasteiger partial charge is 0.248 e. The van der Waals surface area contributed by atoms with E-state index in [0.717, 1.165) is 24.9 Å². The van der Waals surface area contributed by atoms with Crippen LogP contribution in [0.1, 0.15) is 12.8 Å². The minimum Gasteiger partial charge on any atom is -0.493 e. The summed E-state index contributed by atoms with van der Waals surface area (Å²) >= 11 is 0. The van der Waals surface area contributed by atoms with Crippen molar-refractivity contribution in [2.75, 3.05) is 38.4 Å². The Morgan fingerprint density at radius 2 is 1.87 bits per heavy atom. The number of aromatic nitrogens is 2. The van der Waals surface area contributed by atoms with E-state index in [4.69, 9.17) is 9.47 Å². The second-order valence-corrected chi connectivity index (χ2v) is 9.32. The predicted octanol–water partition coefficient (Wildman–Crippen LogP) is 5.79. The molecule has 200 valence electrons. The minimum absolute atomic E-state index is 0.239. The van der Waals surface area contributed by atoms with Gasteiger partial charge in [0.25, 0.3) is 0 Å². The van der Waals surface area contributed by atoms with Crippen molar-refractivity contribution in [1.29, 1.82) is 0 Å². The normalized spacial score (nSPS) is 15.5. The molecule has 4 aromatic rings. The molecular weight excluding hydrogens is 497 g/mol. The number of fused-ring (bicyclic) bond motifs is 1. The second kappa shape index (κ2) is 11.5. The van der Waals surface area contributed by atoms with Crippen molar-refractivity contribution >= 4 is 34.0 Å². The summed E-state index contributed by atoms with van der Waals surface area (Å²) in [6.07, 6.45) is 7.07. The lowest BCUT2D eigenvalue weighted by Crippen LogP contribution is -2.23. The molecule has 8 nitrogen and oxygen atoms in total. The van der Waals surface area contributed by atoms with Crippen molar-refractivity contribution in [2.24, 2.45) is 0 Å². The van der Waals surface area contributed by atoms with Crippen molar-refractivity contribution < 1.29 is 18.7 Å². The van der Waals surface area contributed by atoms with Crippen LogP contribution in [0, 0.1) is 5.82 Å². The first-order chi connectivity index (χ1) is 19.0. The number of halogens is 1.